The van der Waals surface area contributed by atoms with Crippen LogP contribution in [-0.2, 0) is 4.79 Å². The largest absolute Gasteiger partial charge is 0.433 e. The van der Waals surface area contributed by atoms with Crippen molar-refractivity contribution in [2.75, 3.05) is 33.2 Å². The zero-order valence-electron chi connectivity index (χ0n) is 10.6. The average Bonchev–Trinajstić information content (AvgIpc) is 2.87. The number of allylic oxidation sites excluding steroid dienone is 1. The second kappa shape index (κ2) is 5.66. The van der Waals surface area contributed by atoms with Gasteiger partial charge in [0.1, 0.15) is 11.2 Å². The summed E-state index contributed by atoms with van der Waals surface area (Å²) in [5.74, 6) is 0.0317. The summed E-state index contributed by atoms with van der Waals surface area (Å²) in [7, 11) is 2.03. The van der Waals surface area contributed by atoms with Crippen LogP contribution in [0.2, 0.25) is 0 Å². The number of carbonyl (C=O) groups is 1. The lowest BCUT2D eigenvalue weighted by Gasteiger charge is -2.34. The van der Waals surface area contributed by atoms with Crippen molar-refractivity contribution >= 4 is 17.9 Å². The molecule has 0 radical (unpaired) electrons. The molecule has 0 spiro atoms. The van der Waals surface area contributed by atoms with Crippen molar-refractivity contribution in [3.63, 3.8) is 0 Å². The van der Waals surface area contributed by atoms with Crippen molar-refractivity contribution in [2.24, 2.45) is 0 Å². The van der Waals surface area contributed by atoms with Crippen molar-refractivity contribution in [2.45, 2.75) is 0 Å². The summed E-state index contributed by atoms with van der Waals surface area (Å²) in [6.45, 7) is 3.26. The van der Waals surface area contributed by atoms with Crippen molar-refractivity contribution in [3.8, 4) is 0 Å². The Morgan fingerprint density at radius 2 is 2.05 bits per heavy atom. The first-order valence-corrected chi connectivity index (χ1v) is 5.95. The standard InChI is InChI=1S/C12H15N3O4/c1-13-5-7-14(8-6-13)10(4-9-16)11-2-3-12(19-11)15(17)18/h2-4,9H,5-8H2,1H3/b10-4+. The van der Waals surface area contributed by atoms with Crippen molar-refractivity contribution in [1.82, 2.24) is 9.80 Å². The molecule has 102 valence electrons. The molecule has 0 saturated carbocycles. The molecular formula is C12H15N3O4. The fourth-order valence-electron chi connectivity index (χ4n) is 2.02. The van der Waals surface area contributed by atoms with Gasteiger partial charge in [0.2, 0.25) is 0 Å². The van der Waals surface area contributed by atoms with Crippen LogP contribution in [0, 0.1) is 10.1 Å². The van der Waals surface area contributed by atoms with Crippen molar-refractivity contribution in [3.05, 3.63) is 34.1 Å². The normalized spacial score (nSPS) is 17.5. The molecule has 0 atom stereocenters. The number of piperazine rings is 1. The molecule has 2 heterocycles. The van der Waals surface area contributed by atoms with E-state index in [0.717, 1.165) is 26.2 Å². The van der Waals surface area contributed by atoms with Gasteiger partial charge in [0.15, 0.2) is 5.76 Å². The highest BCUT2D eigenvalue weighted by Gasteiger charge is 2.21. The highest BCUT2D eigenvalue weighted by atomic mass is 16.6. The summed E-state index contributed by atoms with van der Waals surface area (Å²) in [5, 5.41) is 10.6. The molecule has 7 nitrogen and oxygen atoms in total. The van der Waals surface area contributed by atoms with Gasteiger partial charge in [0, 0.05) is 32.3 Å². The number of nitro groups is 1. The van der Waals surface area contributed by atoms with Gasteiger partial charge < -0.3 is 14.2 Å². The molecule has 0 aromatic carbocycles. The second-order valence-electron chi connectivity index (χ2n) is 4.37. The third-order valence-corrected chi connectivity index (χ3v) is 3.09. The van der Waals surface area contributed by atoms with Gasteiger partial charge in [0.25, 0.3) is 0 Å². The summed E-state index contributed by atoms with van der Waals surface area (Å²) in [4.78, 5) is 24.9. The maximum atomic E-state index is 10.7. The summed E-state index contributed by atoms with van der Waals surface area (Å²) in [6.07, 6.45) is 2.05. The topological polar surface area (TPSA) is 79.8 Å². The van der Waals surface area contributed by atoms with Crippen LogP contribution in [0.25, 0.3) is 5.70 Å². The quantitative estimate of drug-likeness (QED) is 0.349. The molecule has 0 unspecified atom stereocenters. The summed E-state index contributed by atoms with van der Waals surface area (Å²) < 4.78 is 5.16. The van der Waals surface area contributed by atoms with Gasteiger partial charge in [-0.25, -0.2) is 0 Å². The molecule has 1 saturated heterocycles. The third kappa shape index (κ3) is 3.00. The Bertz CT molecular complexity index is 501. The lowest BCUT2D eigenvalue weighted by molar-refractivity contribution is -0.402. The van der Waals surface area contributed by atoms with Gasteiger partial charge in [-0.3, -0.25) is 14.9 Å². The van der Waals surface area contributed by atoms with Crippen LogP contribution in [0.5, 0.6) is 0 Å². The molecule has 1 aliphatic heterocycles. The van der Waals surface area contributed by atoms with E-state index in [1.165, 1.54) is 18.2 Å². The number of likely N-dealkylation sites (N-methyl/N-ethyl adjacent to an activating group) is 1. The van der Waals surface area contributed by atoms with Crippen LogP contribution in [0.3, 0.4) is 0 Å². The molecule has 1 aromatic rings. The Balaban J connectivity index is 2.22. The number of hydrogen-bond donors (Lipinski definition) is 0. The molecular weight excluding hydrogens is 250 g/mol. The van der Waals surface area contributed by atoms with E-state index in [1.807, 2.05) is 11.9 Å². The maximum absolute atomic E-state index is 10.7. The Labute approximate surface area is 110 Å². The molecule has 0 N–H and O–H groups in total. The third-order valence-electron chi connectivity index (χ3n) is 3.09. The highest BCUT2D eigenvalue weighted by Crippen LogP contribution is 2.25. The predicted molar refractivity (Wildman–Crippen MR) is 68.5 cm³/mol. The first-order valence-electron chi connectivity index (χ1n) is 5.95. The van der Waals surface area contributed by atoms with E-state index < -0.39 is 4.92 Å². The van der Waals surface area contributed by atoms with E-state index in [4.69, 9.17) is 4.42 Å². The number of rotatable bonds is 4. The van der Waals surface area contributed by atoms with Gasteiger partial charge in [0.05, 0.1) is 11.8 Å². The molecule has 0 aliphatic carbocycles. The van der Waals surface area contributed by atoms with E-state index in [0.29, 0.717) is 17.7 Å². The van der Waals surface area contributed by atoms with Crippen LogP contribution in [0.1, 0.15) is 5.76 Å². The fraction of sp³-hybridized carbons (Fsp3) is 0.417. The van der Waals surface area contributed by atoms with E-state index in [9.17, 15) is 14.9 Å². The number of furan rings is 1. The van der Waals surface area contributed by atoms with Gasteiger partial charge >= 0.3 is 5.88 Å². The Morgan fingerprint density at radius 3 is 2.58 bits per heavy atom. The molecule has 1 aromatic heterocycles. The highest BCUT2D eigenvalue weighted by molar-refractivity contribution is 5.79. The van der Waals surface area contributed by atoms with Gasteiger partial charge in [-0.15, -0.1) is 0 Å². The Hall–Kier alpha value is -2.15. The first kappa shape index (κ1) is 13.3. The van der Waals surface area contributed by atoms with Crippen molar-refractivity contribution in [1.29, 1.82) is 0 Å². The van der Waals surface area contributed by atoms with E-state index >= 15 is 0 Å². The lowest BCUT2D eigenvalue weighted by Crippen LogP contribution is -2.43. The minimum absolute atomic E-state index is 0.319. The SMILES string of the molecule is CN1CCN(/C(=C/C=O)c2ccc([N+](=O)[O-])o2)CC1. The van der Waals surface area contributed by atoms with Crippen LogP contribution in [-0.4, -0.2) is 54.2 Å². The first-order chi connectivity index (χ1) is 9.11. The zero-order chi connectivity index (χ0) is 13.8. The molecule has 7 heteroatoms. The fourth-order valence-corrected chi connectivity index (χ4v) is 2.02. The van der Waals surface area contributed by atoms with Crippen LogP contribution in [0.15, 0.2) is 22.6 Å². The van der Waals surface area contributed by atoms with Crippen LogP contribution >= 0.6 is 0 Å². The smallest absolute Gasteiger partial charge is 0.399 e. The molecule has 1 fully saturated rings. The van der Waals surface area contributed by atoms with E-state index in [-0.39, 0.29) is 5.88 Å². The number of aldehydes is 1. The maximum Gasteiger partial charge on any atom is 0.433 e. The number of hydrogen-bond acceptors (Lipinski definition) is 6. The van der Waals surface area contributed by atoms with Crippen LogP contribution in [0.4, 0.5) is 5.88 Å². The van der Waals surface area contributed by atoms with E-state index in [1.54, 1.807) is 0 Å². The number of carbonyl (C=O) groups excluding carboxylic acids is 1. The predicted octanol–water partition coefficient (Wildman–Crippen LogP) is 0.975. The molecule has 0 bridgehead atoms. The average molecular weight is 265 g/mol. The molecule has 19 heavy (non-hydrogen) atoms. The molecule has 0 amide bonds. The minimum atomic E-state index is -0.591. The Kier molecular flexibility index (Phi) is 3.96. The molecule has 1 aliphatic rings. The number of nitrogens with zero attached hydrogens (tertiary/aromatic N) is 3. The lowest BCUT2D eigenvalue weighted by atomic mass is 10.2. The summed E-state index contributed by atoms with van der Waals surface area (Å²) in [6, 6.07) is 2.82. The second-order valence-corrected chi connectivity index (χ2v) is 4.37. The molecule has 2 rings (SSSR count). The van der Waals surface area contributed by atoms with Gasteiger partial charge in [-0.1, -0.05) is 0 Å². The van der Waals surface area contributed by atoms with E-state index in [2.05, 4.69) is 4.90 Å². The van der Waals surface area contributed by atoms with Crippen molar-refractivity contribution < 1.29 is 14.1 Å². The van der Waals surface area contributed by atoms with Crippen LogP contribution < -0.4 is 0 Å². The minimum Gasteiger partial charge on any atom is -0.399 e. The summed E-state index contributed by atoms with van der Waals surface area (Å²) in [5.41, 5.74) is 0.594. The zero-order valence-corrected chi connectivity index (χ0v) is 10.6. The monoisotopic (exact) mass is 265 g/mol. The van der Waals surface area contributed by atoms with Gasteiger partial charge in [-0.05, 0) is 13.1 Å². The van der Waals surface area contributed by atoms with Gasteiger partial charge in [-0.2, -0.15) is 0 Å². The summed E-state index contributed by atoms with van der Waals surface area (Å²) >= 11 is 0. The Morgan fingerprint density at radius 1 is 1.37 bits per heavy atom.